The summed E-state index contributed by atoms with van der Waals surface area (Å²) in [4.78, 5) is 20.0. The molecule has 0 bridgehead atoms. The first-order valence-corrected chi connectivity index (χ1v) is 13.8. The van der Waals surface area contributed by atoms with Gasteiger partial charge in [-0.05, 0) is 49.6 Å². The molecule has 0 aliphatic carbocycles. The number of thiophene rings is 1. The van der Waals surface area contributed by atoms with Crippen LogP contribution in [0, 0.1) is 23.7 Å². The number of carbonyl (C=O) groups is 1. The molecule has 1 unspecified atom stereocenters. The van der Waals surface area contributed by atoms with Crippen molar-refractivity contribution < 1.29 is 13.2 Å². The van der Waals surface area contributed by atoms with Crippen molar-refractivity contribution in [2.45, 2.75) is 36.8 Å². The van der Waals surface area contributed by atoms with Crippen molar-refractivity contribution in [1.29, 1.82) is 5.26 Å². The van der Waals surface area contributed by atoms with Crippen molar-refractivity contribution >= 4 is 43.9 Å². The number of hydrogen-bond donors (Lipinski definition) is 2. The Hall–Kier alpha value is -3.31. The van der Waals surface area contributed by atoms with Crippen molar-refractivity contribution in [3.63, 3.8) is 0 Å². The average Bonchev–Trinajstić information content (AvgIpc) is 3.51. The fourth-order valence-corrected chi connectivity index (χ4v) is 7.37. The summed E-state index contributed by atoms with van der Waals surface area (Å²) in [5.74, 6) is 2.46. The van der Waals surface area contributed by atoms with E-state index < -0.39 is 10.0 Å². The molecule has 35 heavy (non-hydrogen) atoms. The molecule has 0 radical (unpaired) electrons. The van der Waals surface area contributed by atoms with Crippen molar-refractivity contribution in [3.8, 4) is 18.4 Å². The van der Waals surface area contributed by atoms with Crippen LogP contribution in [0.5, 0.6) is 0 Å². The number of aryl methyl sites for hydroxylation is 1. The highest BCUT2D eigenvalue weighted by Crippen LogP contribution is 2.33. The zero-order chi connectivity index (χ0) is 24.6. The molecular formula is C25H25N5O3S2. The number of amides is 1. The standard InChI is InChI=1S/C25H25N5O3S2/c1-2-17-7-8-20-18(13-17)14-24(28-20)35(32,33)29-11-12-30(19(16-29)5-3-9-26)25(31)23-15-21-22(34-23)6-4-10-27-21/h1,7-8,13-15,19,27-28H,3-6,10-12,16H2. The molecule has 10 heteroatoms. The maximum atomic E-state index is 13.5. The SMILES string of the molecule is C#Cc1ccc2[nH]c(S(=O)(=O)N3CCN(C(=O)c4cc5c(s4)CCCN5)C(CCC#N)C3)cc2c1. The largest absolute Gasteiger partial charge is 0.384 e. The van der Waals surface area contributed by atoms with Gasteiger partial charge in [0, 0.05) is 65.7 Å². The summed E-state index contributed by atoms with van der Waals surface area (Å²) < 4.78 is 28.4. The van der Waals surface area contributed by atoms with E-state index in [4.69, 9.17) is 11.7 Å². The maximum Gasteiger partial charge on any atom is 0.264 e. The Morgan fingerprint density at radius 1 is 1.26 bits per heavy atom. The number of sulfonamides is 1. The topological polar surface area (TPSA) is 109 Å². The number of hydrogen-bond acceptors (Lipinski definition) is 6. The van der Waals surface area contributed by atoms with Crippen LogP contribution in [-0.2, 0) is 16.4 Å². The van der Waals surface area contributed by atoms with E-state index >= 15 is 0 Å². The summed E-state index contributed by atoms with van der Waals surface area (Å²) in [7, 11) is -3.82. The molecule has 1 atom stereocenters. The van der Waals surface area contributed by atoms with Gasteiger partial charge in [0.15, 0.2) is 0 Å². The number of anilines is 1. The van der Waals surface area contributed by atoms with Gasteiger partial charge < -0.3 is 15.2 Å². The number of carbonyl (C=O) groups excluding carboxylic acids is 1. The molecule has 2 aliphatic rings. The Morgan fingerprint density at radius 3 is 2.89 bits per heavy atom. The van der Waals surface area contributed by atoms with E-state index in [1.807, 2.05) is 6.07 Å². The maximum absolute atomic E-state index is 13.5. The molecule has 5 rings (SSSR count). The third kappa shape index (κ3) is 4.41. The smallest absolute Gasteiger partial charge is 0.264 e. The lowest BCUT2D eigenvalue weighted by atomic mass is 10.1. The second-order valence-electron chi connectivity index (χ2n) is 8.77. The Labute approximate surface area is 208 Å². The van der Waals surface area contributed by atoms with Crippen LogP contribution in [0.25, 0.3) is 10.9 Å². The van der Waals surface area contributed by atoms with Gasteiger partial charge in [-0.15, -0.1) is 17.8 Å². The van der Waals surface area contributed by atoms with Gasteiger partial charge in [0.25, 0.3) is 15.9 Å². The zero-order valence-corrected chi connectivity index (χ0v) is 20.7. The van der Waals surface area contributed by atoms with Gasteiger partial charge in [0.2, 0.25) is 0 Å². The van der Waals surface area contributed by atoms with Crippen molar-refractivity contribution in [2.24, 2.45) is 0 Å². The predicted molar refractivity (Wildman–Crippen MR) is 136 cm³/mol. The average molecular weight is 508 g/mol. The molecule has 1 amide bonds. The fourth-order valence-electron chi connectivity index (χ4n) is 4.75. The number of benzene rings is 1. The number of terminal acetylenes is 1. The van der Waals surface area contributed by atoms with Crippen molar-refractivity contribution in [2.75, 3.05) is 31.5 Å². The minimum absolute atomic E-state index is 0.0949. The number of nitriles is 1. The number of fused-ring (bicyclic) bond motifs is 2. The molecule has 2 aliphatic heterocycles. The first-order chi connectivity index (χ1) is 16.9. The Kier molecular flexibility index (Phi) is 6.28. The highest BCUT2D eigenvalue weighted by atomic mass is 32.2. The van der Waals surface area contributed by atoms with Crippen LogP contribution in [0.15, 0.2) is 35.4 Å². The molecule has 180 valence electrons. The minimum atomic E-state index is -3.82. The molecule has 3 aromatic rings. The molecule has 1 saturated heterocycles. The van der Waals surface area contributed by atoms with Gasteiger partial charge in [0.1, 0.15) is 5.03 Å². The van der Waals surface area contributed by atoms with Gasteiger partial charge >= 0.3 is 0 Å². The number of nitrogens with zero attached hydrogens (tertiary/aromatic N) is 3. The third-order valence-corrected chi connectivity index (χ3v) is 9.56. The van der Waals surface area contributed by atoms with Crippen molar-refractivity contribution in [1.82, 2.24) is 14.2 Å². The van der Waals surface area contributed by atoms with Crippen molar-refractivity contribution in [3.05, 3.63) is 45.6 Å². The number of aromatic nitrogens is 1. The molecular weight excluding hydrogens is 482 g/mol. The van der Waals surface area contributed by atoms with E-state index in [0.717, 1.165) is 30.5 Å². The lowest BCUT2D eigenvalue weighted by molar-refractivity contribution is 0.0558. The molecule has 8 nitrogen and oxygen atoms in total. The van der Waals surface area contributed by atoms with E-state index in [1.165, 1.54) is 20.5 Å². The van der Waals surface area contributed by atoms with Gasteiger partial charge in [0.05, 0.1) is 10.9 Å². The molecule has 2 N–H and O–H groups in total. The van der Waals surface area contributed by atoms with Gasteiger partial charge in [-0.25, -0.2) is 8.42 Å². The monoisotopic (exact) mass is 507 g/mol. The molecule has 2 aromatic heterocycles. The summed E-state index contributed by atoms with van der Waals surface area (Å²) in [5.41, 5.74) is 2.38. The van der Waals surface area contributed by atoms with Crippen LogP contribution in [0.4, 0.5) is 5.69 Å². The molecule has 0 saturated carbocycles. The summed E-state index contributed by atoms with van der Waals surface area (Å²) in [6, 6.07) is 10.5. The summed E-state index contributed by atoms with van der Waals surface area (Å²) in [6.45, 7) is 1.50. The number of H-pyrrole nitrogens is 1. The summed E-state index contributed by atoms with van der Waals surface area (Å²) >= 11 is 1.50. The normalized spacial score (nSPS) is 18.5. The van der Waals surface area contributed by atoms with E-state index in [2.05, 4.69) is 22.3 Å². The predicted octanol–water partition coefficient (Wildman–Crippen LogP) is 3.39. The molecule has 1 aromatic carbocycles. The fraction of sp³-hybridized carbons (Fsp3) is 0.360. The molecule has 0 spiro atoms. The van der Waals surface area contributed by atoms with Crippen LogP contribution in [0.3, 0.4) is 0 Å². The van der Waals surface area contributed by atoms with Crippen LogP contribution in [-0.4, -0.2) is 60.7 Å². The zero-order valence-electron chi connectivity index (χ0n) is 19.1. The first-order valence-electron chi connectivity index (χ1n) is 11.5. The van der Waals surface area contributed by atoms with E-state index in [9.17, 15) is 13.2 Å². The number of piperazine rings is 1. The summed E-state index contributed by atoms with van der Waals surface area (Å²) in [5, 5.41) is 13.3. The number of rotatable bonds is 5. The van der Waals surface area contributed by atoms with Crippen LogP contribution < -0.4 is 5.32 Å². The van der Waals surface area contributed by atoms with Crippen LogP contribution >= 0.6 is 11.3 Å². The number of aromatic amines is 1. The van der Waals surface area contributed by atoms with E-state index in [-0.39, 0.29) is 43.0 Å². The molecule has 4 heterocycles. The van der Waals surface area contributed by atoms with E-state index in [1.54, 1.807) is 29.2 Å². The van der Waals surface area contributed by atoms with Crippen LogP contribution in [0.2, 0.25) is 0 Å². The van der Waals surface area contributed by atoms with Gasteiger partial charge in [-0.2, -0.15) is 9.57 Å². The lowest BCUT2D eigenvalue weighted by Crippen LogP contribution is -2.56. The van der Waals surface area contributed by atoms with Gasteiger partial charge in [-0.1, -0.05) is 5.92 Å². The highest BCUT2D eigenvalue weighted by molar-refractivity contribution is 7.89. The second-order valence-corrected chi connectivity index (χ2v) is 11.8. The number of nitrogens with one attached hydrogen (secondary N) is 2. The minimum Gasteiger partial charge on any atom is -0.384 e. The Bertz CT molecular complexity index is 1450. The molecule has 1 fully saturated rings. The Balaban J connectivity index is 1.39. The quantitative estimate of drug-likeness (QED) is 0.515. The summed E-state index contributed by atoms with van der Waals surface area (Å²) in [6.07, 6.45) is 8.12. The Morgan fingerprint density at radius 2 is 2.11 bits per heavy atom. The van der Waals surface area contributed by atoms with Crippen LogP contribution in [0.1, 0.15) is 39.4 Å². The third-order valence-electron chi connectivity index (χ3n) is 6.59. The second kappa shape index (κ2) is 9.38. The lowest BCUT2D eigenvalue weighted by Gasteiger charge is -2.40. The van der Waals surface area contributed by atoms with Gasteiger partial charge in [-0.3, -0.25) is 4.79 Å². The van der Waals surface area contributed by atoms with E-state index in [0.29, 0.717) is 22.4 Å². The highest BCUT2D eigenvalue weighted by Gasteiger charge is 2.37. The first kappa shape index (κ1) is 23.4.